The molecule has 0 fully saturated rings. The van der Waals surface area contributed by atoms with Crippen LogP contribution in [0.1, 0.15) is 0 Å². The van der Waals surface area contributed by atoms with Crippen LogP contribution in [-0.2, 0) is 28.8 Å². The molecular weight excluding hydrogens is 368 g/mol. The zero-order valence-electron chi connectivity index (χ0n) is 14.2. The maximum Gasteiger partial charge on any atom is 0.322 e. The van der Waals surface area contributed by atoms with Crippen molar-refractivity contribution in [3.05, 3.63) is 0 Å². The standard InChI is InChI=1S/C13H22N6O8/c14-1-8(21)15-4-11(24)19-7(6-20)13(27)18-3-10(23)16-2-9(22)17-5-12(25)26/h7,20H,1-6,14H2,(H,15,21)(H,16,23)(H,17,22)(H,18,27)(H,19,24)(H,25,26)/t7-/m0/s1. The van der Waals surface area contributed by atoms with Gasteiger partial charge in [0.15, 0.2) is 0 Å². The Morgan fingerprint density at radius 2 is 1.22 bits per heavy atom. The van der Waals surface area contributed by atoms with Crippen LogP contribution in [0, 0.1) is 0 Å². The van der Waals surface area contributed by atoms with Gasteiger partial charge in [-0.3, -0.25) is 28.8 Å². The maximum absolute atomic E-state index is 11.8. The fourth-order valence-corrected chi connectivity index (χ4v) is 1.46. The summed E-state index contributed by atoms with van der Waals surface area (Å²) in [6.45, 7) is -3.19. The van der Waals surface area contributed by atoms with Crippen molar-refractivity contribution in [2.75, 3.05) is 39.3 Å². The quantitative estimate of drug-likeness (QED) is 0.158. The molecule has 0 aromatic carbocycles. The summed E-state index contributed by atoms with van der Waals surface area (Å²) in [6.07, 6.45) is 0. The highest BCUT2D eigenvalue weighted by atomic mass is 16.4. The first kappa shape index (κ1) is 23.7. The molecule has 0 spiro atoms. The van der Waals surface area contributed by atoms with Gasteiger partial charge in [-0.2, -0.15) is 0 Å². The number of amides is 5. The van der Waals surface area contributed by atoms with Gasteiger partial charge in [-0.15, -0.1) is 0 Å². The molecule has 0 aliphatic rings. The Bertz CT molecular complexity index is 581. The highest BCUT2D eigenvalue weighted by Crippen LogP contribution is 1.84. The summed E-state index contributed by atoms with van der Waals surface area (Å²) in [4.78, 5) is 67.2. The van der Waals surface area contributed by atoms with Crippen LogP contribution in [-0.4, -0.2) is 91.1 Å². The van der Waals surface area contributed by atoms with E-state index >= 15 is 0 Å². The summed E-state index contributed by atoms with van der Waals surface area (Å²) in [7, 11) is 0. The molecule has 14 heteroatoms. The zero-order chi connectivity index (χ0) is 20.8. The van der Waals surface area contributed by atoms with E-state index in [1.54, 1.807) is 0 Å². The molecule has 0 rings (SSSR count). The van der Waals surface area contributed by atoms with E-state index in [0.29, 0.717) is 0 Å². The highest BCUT2D eigenvalue weighted by Gasteiger charge is 2.20. The van der Waals surface area contributed by atoms with Crippen molar-refractivity contribution in [3.63, 3.8) is 0 Å². The molecule has 0 bridgehead atoms. The summed E-state index contributed by atoms with van der Waals surface area (Å²) in [5.41, 5.74) is 5.04. The van der Waals surface area contributed by atoms with Gasteiger partial charge >= 0.3 is 5.97 Å². The third-order valence-electron chi connectivity index (χ3n) is 2.77. The van der Waals surface area contributed by atoms with E-state index in [1.165, 1.54) is 0 Å². The number of nitrogens with two attached hydrogens (primary N) is 1. The molecule has 152 valence electrons. The van der Waals surface area contributed by atoms with Crippen LogP contribution in [0.5, 0.6) is 0 Å². The van der Waals surface area contributed by atoms with Crippen LogP contribution in [0.3, 0.4) is 0 Å². The Morgan fingerprint density at radius 1 is 0.741 bits per heavy atom. The Morgan fingerprint density at radius 3 is 1.74 bits per heavy atom. The fourth-order valence-electron chi connectivity index (χ4n) is 1.46. The topological polar surface area (TPSA) is 229 Å². The predicted molar refractivity (Wildman–Crippen MR) is 87.7 cm³/mol. The Balaban J connectivity index is 4.19. The third-order valence-corrected chi connectivity index (χ3v) is 2.77. The van der Waals surface area contributed by atoms with Gasteiger partial charge in [0.2, 0.25) is 29.5 Å². The number of hydrogen-bond donors (Lipinski definition) is 8. The van der Waals surface area contributed by atoms with Gasteiger partial charge in [0.1, 0.15) is 12.6 Å². The Labute approximate surface area is 153 Å². The molecule has 0 saturated carbocycles. The first-order chi connectivity index (χ1) is 12.7. The van der Waals surface area contributed by atoms with Crippen molar-refractivity contribution in [1.82, 2.24) is 26.6 Å². The lowest BCUT2D eigenvalue weighted by Crippen LogP contribution is -2.53. The van der Waals surface area contributed by atoms with Gasteiger partial charge in [0, 0.05) is 0 Å². The van der Waals surface area contributed by atoms with E-state index in [9.17, 15) is 28.8 Å². The number of aliphatic hydroxyl groups is 1. The molecule has 0 unspecified atom stereocenters. The van der Waals surface area contributed by atoms with Crippen molar-refractivity contribution in [1.29, 1.82) is 0 Å². The molecule has 0 heterocycles. The summed E-state index contributed by atoms with van der Waals surface area (Å²) < 4.78 is 0. The van der Waals surface area contributed by atoms with Gasteiger partial charge in [-0.25, -0.2) is 0 Å². The van der Waals surface area contributed by atoms with E-state index in [0.717, 1.165) is 0 Å². The first-order valence-corrected chi connectivity index (χ1v) is 7.59. The maximum atomic E-state index is 11.8. The minimum Gasteiger partial charge on any atom is -0.480 e. The molecule has 5 amide bonds. The fraction of sp³-hybridized carbons (Fsp3) is 0.538. The van der Waals surface area contributed by atoms with Crippen molar-refractivity contribution in [2.45, 2.75) is 6.04 Å². The monoisotopic (exact) mass is 390 g/mol. The average Bonchev–Trinajstić information content (AvgIpc) is 2.64. The minimum absolute atomic E-state index is 0.319. The molecule has 0 saturated heterocycles. The highest BCUT2D eigenvalue weighted by molar-refractivity contribution is 5.93. The summed E-state index contributed by atoms with van der Waals surface area (Å²) >= 11 is 0. The summed E-state index contributed by atoms with van der Waals surface area (Å²) in [5.74, 6) is -4.96. The smallest absolute Gasteiger partial charge is 0.322 e. The Kier molecular flexibility index (Phi) is 11.4. The first-order valence-electron chi connectivity index (χ1n) is 7.59. The second-order valence-electron chi connectivity index (χ2n) is 4.95. The number of aliphatic carboxylic acids is 1. The van der Waals surface area contributed by atoms with E-state index in [-0.39, 0.29) is 6.54 Å². The van der Waals surface area contributed by atoms with Crippen LogP contribution in [0.4, 0.5) is 0 Å². The number of aliphatic hydroxyl groups excluding tert-OH is 1. The molecule has 14 nitrogen and oxygen atoms in total. The number of nitrogens with one attached hydrogen (secondary N) is 5. The lowest BCUT2D eigenvalue weighted by atomic mass is 10.3. The summed E-state index contributed by atoms with van der Waals surface area (Å²) in [6, 6.07) is -1.36. The number of carboxylic acid groups (broad SMARTS) is 1. The van der Waals surface area contributed by atoms with Crippen LogP contribution in [0.2, 0.25) is 0 Å². The molecule has 0 aromatic rings. The van der Waals surface area contributed by atoms with Crippen molar-refractivity contribution in [2.24, 2.45) is 5.73 Å². The zero-order valence-corrected chi connectivity index (χ0v) is 14.2. The second-order valence-corrected chi connectivity index (χ2v) is 4.95. The molecule has 0 radical (unpaired) electrons. The lowest BCUT2D eigenvalue weighted by Gasteiger charge is -2.16. The number of hydrogen-bond acceptors (Lipinski definition) is 8. The van der Waals surface area contributed by atoms with Crippen molar-refractivity contribution in [3.8, 4) is 0 Å². The normalized spacial score (nSPS) is 10.9. The van der Waals surface area contributed by atoms with E-state index in [4.69, 9.17) is 15.9 Å². The average molecular weight is 390 g/mol. The van der Waals surface area contributed by atoms with E-state index in [1.807, 2.05) is 5.32 Å². The van der Waals surface area contributed by atoms with Gasteiger partial charge in [-0.05, 0) is 0 Å². The van der Waals surface area contributed by atoms with E-state index < -0.39 is 74.3 Å². The van der Waals surface area contributed by atoms with Crippen LogP contribution < -0.4 is 32.3 Å². The molecule has 9 N–H and O–H groups in total. The Hall–Kier alpha value is -3.26. The molecule has 0 aromatic heterocycles. The number of carboxylic acids is 1. The third kappa shape index (κ3) is 11.8. The SMILES string of the molecule is NCC(=O)NCC(=O)N[C@@H](CO)C(=O)NCC(=O)NCC(=O)NCC(=O)O. The minimum atomic E-state index is -1.36. The lowest BCUT2D eigenvalue weighted by molar-refractivity contribution is -0.137. The predicted octanol–water partition coefficient (Wildman–Crippen LogP) is -6.03. The van der Waals surface area contributed by atoms with Gasteiger partial charge < -0.3 is 42.5 Å². The van der Waals surface area contributed by atoms with Gasteiger partial charge in [-0.1, -0.05) is 0 Å². The number of carbonyl (C=O) groups excluding carboxylic acids is 5. The largest absolute Gasteiger partial charge is 0.480 e. The van der Waals surface area contributed by atoms with Crippen molar-refractivity contribution < 1.29 is 39.0 Å². The second kappa shape index (κ2) is 13.0. The molecular formula is C13H22N6O8. The van der Waals surface area contributed by atoms with Gasteiger partial charge in [0.25, 0.3) is 0 Å². The van der Waals surface area contributed by atoms with Crippen LogP contribution in [0.25, 0.3) is 0 Å². The van der Waals surface area contributed by atoms with Crippen LogP contribution in [0.15, 0.2) is 0 Å². The summed E-state index contributed by atoms with van der Waals surface area (Å²) in [5, 5.41) is 28.1. The molecule has 1 atom stereocenters. The van der Waals surface area contributed by atoms with Crippen LogP contribution >= 0.6 is 0 Å². The molecule has 0 aliphatic carbocycles. The molecule has 27 heavy (non-hydrogen) atoms. The van der Waals surface area contributed by atoms with Gasteiger partial charge in [0.05, 0.1) is 32.8 Å². The van der Waals surface area contributed by atoms with Crippen molar-refractivity contribution >= 4 is 35.5 Å². The number of carbonyl (C=O) groups is 6. The number of rotatable bonds is 12. The molecule has 0 aliphatic heterocycles. The van der Waals surface area contributed by atoms with E-state index in [2.05, 4.69) is 21.3 Å².